The lowest BCUT2D eigenvalue weighted by Gasteiger charge is -1.98. The number of halogens is 2. The quantitative estimate of drug-likeness (QED) is 0.603. The van der Waals surface area contributed by atoms with Gasteiger partial charge in [-0.25, -0.2) is 4.39 Å². The Balaban J connectivity index is 2.21. The third-order valence-corrected chi connectivity index (χ3v) is 2.92. The summed E-state index contributed by atoms with van der Waals surface area (Å²) < 4.78 is 14.2. The second kappa shape index (κ2) is 5.74. The molecule has 0 aliphatic carbocycles. The standard InChI is InChI=1S/C15H10BrFO/c16-13-7-8-14(17)12(10-13)6-9-15(18)11-4-2-1-3-5-11/h1-10H/b9-6+. The smallest absolute Gasteiger partial charge is 0.185 e. The summed E-state index contributed by atoms with van der Waals surface area (Å²) in [5.74, 6) is -0.495. The fourth-order valence-electron chi connectivity index (χ4n) is 1.51. The van der Waals surface area contributed by atoms with Gasteiger partial charge in [0.1, 0.15) is 5.82 Å². The second-order valence-corrected chi connectivity index (χ2v) is 4.65. The summed E-state index contributed by atoms with van der Waals surface area (Å²) in [6, 6.07) is 13.5. The van der Waals surface area contributed by atoms with Gasteiger partial charge in [0.2, 0.25) is 0 Å². The van der Waals surface area contributed by atoms with E-state index in [0.717, 1.165) is 4.47 Å². The Labute approximate surface area is 113 Å². The van der Waals surface area contributed by atoms with Crippen molar-refractivity contribution in [2.45, 2.75) is 0 Å². The van der Waals surface area contributed by atoms with Crippen LogP contribution in [0.5, 0.6) is 0 Å². The first kappa shape index (κ1) is 12.7. The molecule has 18 heavy (non-hydrogen) atoms. The molecule has 0 aliphatic rings. The summed E-state index contributed by atoms with van der Waals surface area (Å²) in [5, 5.41) is 0. The first-order chi connectivity index (χ1) is 8.66. The van der Waals surface area contributed by atoms with Gasteiger partial charge < -0.3 is 0 Å². The van der Waals surface area contributed by atoms with E-state index in [-0.39, 0.29) is 11.6 Å². The average Bonchev–Trinajstić information content (AvgIpc) is 2.40. The number of carbonyl (C=O) groups is 1. The van der Waals surface area contributed by atoms with Gasteiger partial charge in [0.25, 0.3) is 0 Å². The Hall–Kier alpha value is -1.74. The Kier molecular flexibility index (Phi) is 4.05. The number of carbonyl (C=O) groups excluding carboxylic acids is 1. The third kappa shape index (κ3) is 3.14. The zero-order valence-electron chi connectivity index (χ0n) is 9.44. The van der Waals surface area contributed by atoms with E-state index in [4.69, 9.17) is 0 Å². The molecule has 0 aromatic heterocycles. The molecule has 0 atom stereocenters. The van der Waals surface area contributed by atoms with Crippen molar-refractivity contribution in [2.24, 2.45) is 0 Å². The molecule has 0 saturated carbocycles. The van der Waals surface area contributed by atoms with Gasteiger partial charge in [-0.15, -0.1) is 0 Å². The highest BCUT2D eigenvalue weighted by atomic mass is 79.9. The maximum absolute atomic E-state index is 13.4. The van der Waals surface area contributed by atoms with Crippen LogP contribution in [0.1, 0.15) is 15.9 Å². The summed E-state index contributed by atoms with van der Waals surface area (Å²) in [5.41, 5.74) is 0.970. The van der Waals surface area contributed by atoms with Crippen LogP contribution in [0.2, 0.25) is 0 Å². The molecule has 90 valence electrons. The number of rotatable bonds is 3. The van der Waals surface area contributed by atoms with Gasteiger partial charge in [0, 0.05) is 15.6 Å². The van der Waals surface area contributed by atoms with E-state index < -0.39 is 0 Å². The molecule has 2 aromatic rings. The van der Waals surface area contributed by atoms with Crippen molar-refractivity contribution in [3.8, 4) is 0 Å². The lowest BCUT2D eigenvalue weighted by molar-refractivity contribution is 0.104. The Morgan fingerprint density at radius 2 is 1.83 bits per heavy atom. The van der Waals surface area contributed by atoms with Crippen molar-refractivity contribution in [1.82, 2.24) is 0 Å². The van der Waals surface area contributed by atoms with Gasteiger partial charge in [-0.2, -0.15) is 0 Å². The molecule has 0 bridgehead atoms. The highest BCUT2D eigenvalue weighted by Crippen LogP contribution is 2.17. The summed E-state index contributed by atoms with van der Waals surface area (Å²) in [4.78, 5) is 11.8. The largest absolute Gasteiger partial charge is 0.289 e. The van der Waals surface area contributed by atoms with Crippen molar-refractivity contribution in [3.63, 3.8) is 0 Å². The van der Waals surface area contributed by atoms with Crippen LogP contribution in [0.25, 0.3) is 6.08 Å². The molecule has 1 nitrogen and oxygen atoms in total. The molecule has 0 saturated heterocycles. The van der Waals surface area contributed by atoms with Crippen molar-refractivity contribution in [1.29, 1.82) is 0 Å². The number of ketones is 1. The molecule has 0 unspecified atom stereocenters. The summed E-state index contributed by atoms with van der Waals surface area (Å²) in [6.07, 6.45) is 2.86. The third-order valence-electron chi connectivity index (χ3n) is 2.43. The van der Waals surface area contributed by atoms with E-state index in [1.54, 1.807) is 36.4 Å². The van der Waals surface area contributed by atoms with E-state index in [0.29, 0.717) is 11.1 Å². The molecule has 0 N–H and O–H groups in total. The predicted octanol–water partition coefficient (Wildman–Crippen LogP) is 4.48. The minimum atomic E-state index is -0.352. The number of benzene rings is 2. The molecule has 2 aromatic carbocycles. The molecule has 3 heteroatoms. The first-order valence-electron chi connectivity index (χ1n) is 5.39. The zero-order valence-corrected chi connectivity index (χ0v) is 11.0. The van der Waals surface area contributed by atoms with Crippen molar-refractivity contribution in [3.05, 3.63) is 76.0 Å². The maximum atomic E-state index is 13.4. The second-order valence-electron chi connectivity index (χ2n) is 3.73. The summed E-state index contributed by atoms with van der Waals surface area (Å²) in [6.45, 7) is 0. The van der Waals surface area contributed by atoms with Crippen molar-refractivity contribution in [2.75, 3.05) is 0 Å². The molecule has 2 rings (SSSR count). The van der Waals surface area contributed by atoms with Gasteiger partial charge in [-0.05, 0) is 30.4 Å². The topological polar surface area (TPSA) is 17.1 Å². The molecule has 0 radical (unpaired) electrons. The van der Waals surface area contributed by atoms with Crippen LogP contribution >= 0.6 is 15.9 Å². The van der Waals surface area contributed by atoms with Gasteiger partial charge in [-0.1, -0.05) is 46.3 Å². The average molecular weight is 305 g/mol. The van der Waals surface area contributed by atoms with Gasteiger partial charge >= 0.3 is 0 Å². The predicted molar refractivity (Wildman–Crippen MR) is 73.9 cm³/mol. The van der Waals surface area contributed by atoms with E-state index in [2.05, 4.69) is 15.9 Å². The van der Waals surface area contributed by atoms with Crippen LogP contribution in [-0.4, -0.2) is 5.78 Å². The van der Waals surface area contributed by atoms with Crippen molar-refractivity contribution >= 4 is 27.8 Å². The normalized spacial score (nSPS) is 10.8. The maximum Gasteiger partial charge on any atom is 0.185 e. The fourth-order valence-corrected chi connectivity index (χ4v) is 1.89. The molecule has 0 heterocycles. The van der Waals surface area contributed by atoms with E-state index in [1.165, 1.54) is 18.2 Å². The van der Waals surface area contributed by atoms with E-state index >= 15 is 0 Å². The van der Waals surface area contributed by atoms with Crippen LogP contribution in [0, 0.1) is 5.82 Å². The molecular formula is C15H10BrFO. The summed E-state index contributed by atoms with van der Waals surface area (Å²) in [7, 11) is 0. The Morgan fingerprint density at radius 1 is 1.11 bits per heavy atom. The van der Waals surface area contributed by atoms with Gasteiger partial charge in [0.05, 0.1) is 0 Å². The monoisotopic (exact) mass is 304 g/mol. The minimum Gasteiger partial charge on any atom is -0.289 e. The van der Waals surface area contributed by atoms with Crippen LogP contribution in [-0.2, 0) is 0 Å². The highest BCUT2D eigenvalue weighted by Gasteiger charge is 2.02. The van der Waals surface area contributed by atoms with Crippen LogP contribution in [0.4, 0.5) is 4.39 Å². The minimum absolute atomic E-state index is 0.144. The molecule has 0 amide bonds. The lowest BCUT2D eigenvalue weighted by atomic mass is 10.1. The number of hydrogen-bond acceptors (Lipinski definition) is 1. The molecule has 0 spiro atoms. The molecule has 0 aliphatic heterocycles. The first-order valence-corrected chi connectivity index (χ1v) is 6.18. The fraction of sp³-hybridized carbons (Fsp3) is 0. The Bertz CT molecular complexity index is 591. The van der Waals surface area contributed by atoms with Crippen LogP contribution < -0.4 is 0 Å². The Morgan fingerprint density at radius 3 is 2.56 bits per heavy atom. The van der Waals surface area contributed by atoms with Gasteiger partial charge in [-0.3, -0.25) is 4.79 Å². The van der Waals surface area contributed by atoms with Crippen LogP contribution in [0.15, 0.2) is 59.1 Å². The summed E-state index contributed by atoms with van der Waals surface area (Å²) >= 11 is 3.26. The SMILES string of the molecule is O=C(/C=C/c1cc(Br)ccc1F)c1ccccc1. The van der Waals surface area contributed by atoms with E-state index in [1.807, 2.05) is 6.07 Å². The van der Waals surface area contributed by atoms with Crippen molar-refractivity contribution < 1.29 is 9.18 Å². The molecule has 0 fully saturated rings. The number of allylic oxidation sites excluding steroid dienone is 1. The molecular weight excluding hydrogens is 295 g/mol. The van der Waals surface area contributed by atoms with E-state index in [9.17, 15) is 9.18 Å². The zero-order chi connectivity index (χ0) is 13.0. The lowest BCUT2D eigenvalue weighted by Crippen LogP contribution is -1.93. The highest BCUT2D eigenvalue weighted by molar-refractivity contribution is 9.10. The van der Waals surface area contributed by atoms with Crippen LogP contribution in [0.3, 0.4) is 0 Å². The number of hydrogen-bond donors (Lipinski definition) is 0. The van der Waals surface area contributed by atoms with Gasteiger partial charge in [0.15, 0.2) is 5.78 Å².